The number of thiazole rings is 1. The molecule has 8 heteroatoms. The summed E-state index contributed by atoms with van der Waals surface area (Å²) < 4.78 is 0. The van der Waals surface area contributed by atoms with Crippen molar-refractivity contribution in [2.24, 2.45) is 10.9 Å². The lowest BCUT2D eigenvalue weighted by atomic mass is 9.88. The van der Waals surface area contributed by atoms with Gasteiger partial charge in [0.15, 0.2) is 5.96 Å². The van der Waals surface area contributed by atoms with Crippen molar-refractivity contribution in [2.45, 2.75) is 77.3 Å². The fraction of sp³-hybridized carbons (Fsp3) is 0.762. The molecule has 1 aliphatic heterocycles. The Morgan fingerprint density at radius 2 is 2.00 bits per heavy atom. The standard InChI is InChI=1S/C21H35N5OS.HI/c1-21(2,3)19-24-17(14-28-19)12-23-20(22-4)25-16-10-11-26(13-16)18(27)15-8-6-5-7-9-15;/h14-16H,5-13H2,1-4H3,(H2,22,23,25);1H. The molecule has 2 heterocycles. The van der Waals surface area contributed by atoms with E-state index in [1.807, 2.05) is 0 Å². The number of aliphatic imine (C=N–C) groups is 1. The summed E-state index contributed by atoms with van der Waals surface area (Å²) in [5.41, 5.74) is 1.12. The van der Waals surface area contributed by atoms with Crippen LogP contribution in [0.25, 0.3) is 0 Å². The fourth-order valence-corrected chi connectivity index (χ4v) is 4.89. The van der Waals surface area contributed by atoms with Crippen molar-refractivity contribution in [1.29, 1.82) is 0 Å². The minimum Gasteiger partial charge on any atom is -0.352 e. The maximum Gasteiger partial charge on any atom is 0.225 e. The topological polar surface area (TPSA) is 69.6 Å². The Kier molecular flexibility index (Phi) is 9.18. The number of hydrogen-bond donors (Lipinski definition) is 2. The minimum absolute atomic E-state index is 0. The number of rotatable bonds is 4. The normalized spacial score (nSPS) is 21.0. The van der Waals surface area contributed by atoms with Gasteiger partial charge in [-0.05, 0) is 19.3 Å². The van der Waals surface area contributed by atoms with Gasteiger partial charge in [0.25, 0.3) is 0 Å². The number of likely N-dealkylation sites (tertiary alicyclic amines) is 1. The summed E-state index contributed by atoms with van der Waals surface area (Å²) in [4.78, 5) is 23.9. The van der Waals surface area contributed by atoms with E-state index in [1.54, 1.807) is 18.4 Å². The van der Waals surface area contributed by atoms with Crippen molar-refractivity contribution in [1.82, 2.24) is 20.5 Å². The van der Waals surface area contributed by atoms with Crippen LogP contribution in [0.5, 0.6) is 0 Å². The van der Waals surface area contributed by atoms with Crippen LogP contribution in [0.4, 0.5) is 0 Å². The van der Waals surface area contributed by atoms with E-state index >= 15 is 0 Å². The number of carbonyl (C=O) groups excluding carboxylic acids is 1. The van der Waals surface area contributed by atoms with Crippen LogP contribution in [-0.4, -0.2) is 47.9 Å². The lowest BCUT2D eigenvalue weighted by Gasteiger charge is -2.26. The molecule has 6 nitrogen and oxygen atoms in total. The summed E-state index contributed by atoms with van der Waals surface area (Å²) in [6, 6.07) is 0.263. The van der Waals surface area contributed by atoms with Gasteiger partial charge in [0.1, 0.15) is 0 Å². The zero-order valence-corrected chi connectivity index (χ0v) is 21.3. The number of aromatic nitrogens is 1. The smallest absolute Gasteiger partial charge is 0.225 e. The van der Waals surface area contributed by atoms with Gasteiger partial charge in [-0.1, -0.05) is 40.0 Å². The third-order valence-corrected chi connectivity index (χ3v) is 6.97. The molecule has 2 fully saturated rings. The molecule has 0 bridgehead atoms. The monoisotopic (exact) mass is 533 g/mol. The highest BCUT2D eigenvalue weighted by molar-refractivity contribution is 14.0. The predicted octanol–water partition coefficient (Wildman–Crippen LogP) is 3.90. The van der Waals surface area contributed by atoms with Crippen LogP contribution in [0, 0.1) is 5.92 Å². The SMILES string of the molecule is CN=C(NCc1csc(C(C)(C)C)n1)NC1CCN(C(=O)C2CCCCC2)C1.I. The van der Waals surface area contributed by atoms with Crippen molar-refractivity contribution >= 4 is 47.2 Å². The van der Waals surface area contributed by atoms with Crippen molar-refractivity contribution in [2.75, 3.05) is 20.1 Å². The Morgan fingerprint density at radius 1 is 1.28 bits per heavy atom. The van der Waals surface area contributed by atoms with Gasteiger partial charge >= 0.3 is 0 Å². The van der Waals surface area contributed by atoms with Gasteiger partial charge in [0, 0.05) is 42.9 Å². The van der Waals surface area contributed by atoms with Gasteiger partial charge in [0.2, 0.25) is 5.91 Å². The van der Waals surface area contributed by atoms with Crippen LogP contribution in [0.2, 0.25) is 0 Å². The summed E-state index contributed by atoms with van der Waals surface area (Å²) in [6.07, 6.45) is 6.81. The molecule has 1 aliphatic carbocycles. The second-order valence-corrected chi connectivity index (χ2v) is 9.93. The first kappa shape index (κ1) is 24.4. The summed E-state index contributed by atoms with van der Waals surface area (Å²) >= 11 is 1.71. The number of guanidine groups is 1. The highest BCUT2D eigenvalue weighted by Gasteiger charge is 2.31. The second-order valence-electron chi connectivity index (χ2n) is 9.07. The van der Waals surface area contributed by atoms with Crippen LogP contribution in [0.15, 0.2) is 10.4 Å². The lowest BCUT2D eigenvalue weighted by molar-refractivity contribution is -0.135. The molecule has 3 rings (SSSR count). The molecule has 0 aromatic carbocycles. The number of hydrogen-bond acceptors (Lipinski definition) is 4. The number of carbonyl (C=O) groups is 1. The molecule has 164 valence electrons. The molecule has 2 N–H and O–H groups in total. The number of nitrogens with zero attached hydrogens (tertiary/aromatic N) is 3. The zero-order chi connectivity index (χ0) is 20.1. The van der Waals surface area contributed by atoms with E-state index in [2.05, 4.69) is 46.7 Å². The van der Waals surface area contributed by atoms with E-state index in [9.17, 15) is 4.79 Å². The van der Waals surface area contributed by atoms with Crippen LogP contribution in [0.1, 0.15) is 70.0 Å². The van der Waals surface area contributed by atoms with E-state index in [0.29, 0.717) is 12.5 Å². The van der Waals surface area contributed by atoms with Gasteiger partial charge in [-0.3, -0.25) is 9.79 Å². The number of nitrogens with one attached hydrogen (secondary N) is 2. The molecule has 0 radical (unpaired) electrons. The number of halogens is 1. The van der Waals surface area contributed by atoms with Crippen LogP contribution >= 0.6 is 35.3 Å². The lowest BCUT2D eigenvalue weighted by Crippen LogP contribution is -2.45. The predicted molar refractivity (Wildman–Crippen MR) is 131 cm³/mol. The summed E-state index contributed by atoms with van der Waals surface area (Å²) in [7, 11) is 1.79. The summed E-state index contributed by atoms with van der Waals surface area (Å²) in [6.45, 7) is 8.84. The molecule has 0 spiro atoms. The van der Waals surface area contributed by atoms with Crippen molar-refractivity contribution in [3.63, 3.8) is 0 Å². The Bertz CT molecular complexity index is 693. The minimum atomic E-state index is 0. The average molecular weight is 534 g/mol. The van der Waals surface area contributed by atoms with E-state index < -0.39 is 0 Å². The maximum atomic E-state index is 12.7. The highest BCUT2D eigenvalue weighted by atomic mass is 127. The Labute approximate surface area is 196 Å². The van der Waals surface area contributed by atoms with Crippen molar-refractivity contribution < 1.29 is 4.79 Å². The first-order valence-corrected chi connectivity index (χ1v) is 11.5. The molecule has 1 atom stereocenters. The molecule has 29 heavy (non-hydrogen) atoms. The van der Waals surface area contributed by atoms with E-state index in [1.165, 1.54) is 19.3 Å². The van der Waals surface area contributed by atoms with Crippen molar-refractivity contribution in [3.8, 4) is 0 Å². The van der Waals surface area contributed by atoms with Crippen LogP contribution in [0.3, 0.4) is 0 Å². The molecule has 1 aromatic rings. The molecular weight excluding hydrogens is 497 g/mol. The van der Waals surface area contributed by atoms with Gasteiger partial charge in [-0.2, -0.15) is 0 Å². The Hall–Kier alpha value is -0.900. The van der Waals surface area contributed by atoms with Gasteiger partial charge < -0.3 is 15.5 Å². The molecular formula is C21H36IN5OS. The second kappa shape index (κ2) is 10.9. The van der Waals surface area contributed by atoms with Gasteiger partial charge in [-0.15, -0.1) is 35.3 Å². The Balaban J connectivity index is 0.00000300. The van der Waals surface area contributed by atoms with Gasteiger partial charge in [-0.25, -0.2) is 4.98 Å². The van der Waals surface area contributed by atoms with E-state index in [0.717, 1.165) is 49.0 Å². The van der Waals surface area contributed by atoms with Crippen molar-refractivity contribution in [3.05, 3.63) is 16.1 Å². The highest BCUT2D eigenvalue weighted by Crippen LogP contribution is 2.27. The molecule has 1 saturated heterocycles. The van der Waals surface area contributed by atoms with E-state index in [4.69, 9.17) is 4.98 Å². The molecule has 1 amide bonds. The summed E-state index contributed by atoms with van der Waals surface area (Å²) in [5, 5.41) is 10.1. The Morgan fingerprint density at radius 3 is 2.62 bits per heavy atom. The summed E-state index contributed by atoms with van der Waals surface area (Å²) in [5.74, 6) is 1.40. The van der Waals surface area contributed by atoms with Crippen LogP contribution < -0.4 is 10.6 Å². The molecule has 1 aromatic heterocycles. The third kappa shape index (κ3) is 6.80. The maximum absolute atomic E-state index is 12.7. The van der Waals surface area contributed by atoms with Gasteiger partial charge in [0.05, 0.1) is 17.2 Å². The molecule has 1 saturated carbocycles. The fourth-order valence-electron chi connectivity index (χ4n) is 3.98. The van der Waals surface area contributed by atoms with Crippen LogP contribution in [-0.2, 0) is 16.8 Å². The zero-order valence-electron chi connectivity index (χ0n) is 18.2. The molecule has 2 aliphatic rings. The van der Waals surface area contributed by atoms with E-state index in [-0.39, 0.29) is 41.4 Å². The quantitative estimate of drug-likeness (QED) is 0.350. The largest absolute Gasteiger partial charge is 0.352 e. The first-order valence-electron chi connectivity index (χ1n) is 10.6. The average Bonchev–Trinajstić information content (AvgIpc) is 3.34. The molecule has 1 unspecified atom stereocenters. The first-order chi connectivity index (χ1) is 13.4. The third-order valence-electron chi connectivity index (χ3n) is 5.65. The number of amides is 1.